The van der Waals surface area contributed by atoms with Crippen LogP contribution in [0.4, 0.5) is 0 Å². The van der Waals surface area contributed by atoms with Crippen molar-refractivity contribution in [1.29, 1.82) is 0 Å². The second kappa shape index (κ2) is 3.88. The summed E-state index contributed by atoms with van der Waals surface area (Å²) < 4.78 is 0. The Bertz CT molecular complexity index is 457. The Hall–Kier alpha value is -1.23. The molecule has 0 radical (unpaired) electrons. The molecule has 5 aliphatic rings. The van der Waals surface area contributed by atoms with Crippen molar-refractivity contribution in [1.82, 2.24) is 5.32 Å². The largest absolute Gasteiger partial charge is 0.312 e. The number of amides is 2. The van der Waals surface area contributed by atoms with Crippen molar-refractivity contribution in [3.63, 3.8) is 0 Å². The minimum Gasteiger partial charge on any atom is -0.312 e. The van der Waals surface area contributed by atoms with E-state index in [0.717, 1.165) is 11.8 Å². The van der Waals surface area contributed by atoms with E-state index in [0.29, 0.717) is 17.7 Å². The van der Waals surface area contributed by atoms with Crippen LogP contribution in [0.2, 0.25) is 0 Å². The quantitative estimate of drug-likeness (QED) is 0.672. The molecule has 0 saturated heterocycles. The summed E-state index contributed by atoms with van der Waals surface area (Å²) in [6, 6.07) is -1.11. The van der Waals surface area contributed by atoms with E-state index in [9.17, 15) is 9.59 Å². The zero-order valence-corrected chi connectivity index (χ0v) is 10.8. The maximum atomic E-state index is 11.7. The average Bonchev–Trinajstić information content (AvgIpc) is 2.34. The summed E-state index contributed by atoms with van der Waals surface area (Å²) in [7, 11) is 0. The van der Waals surface area contributed by atoms with Crippen LogP contribution in [0.5, 0.6) is 0 Å². The van der Waals surface area contributed by atoms with Crippen LogP contribution in [0, 0.1) is 29.6 Å². The summed E-state index contributed by atoms with van der Waals surface area (Å²) in [4.78, 5) is 27.5. The van der Waals surface area contributed by atoms with Gasteiger partial charge in [0.05, 0.1) is 0 Å². The van der Waals surface area contributed by atoms with Crippen molar-refractivity contribution in [3.8, 4) is 0 Å². The molecular formula is C14H19N3O2. The molecule has 19 heavy (non-hydrogen) atoms. The van der Waals surface area contributed by atoms with Gasteiger partial charge in [-0.2, -0.15) is 4.99 Å². The highest BCUT2D eigenvalue weighted by molar-refractivity contribution is 6.18. The van der Waals surface area contributed by atoms with Crippen LogP contribution in [0.1, 0.15) is 32.1 Å². The van der Waals surface area contributed by atoms with Gasteiger partial charge in [-0.15, -0.1) is 0 Å². The molecule has 5 rings (SSSR count). The number of carbonyl (C=O) groups is 2. The summed E-state index contributed by atoms with van der Waals surface area (Å²) in [6.45, 7) is 0. The van der Waals surface area contributed by atoms with Crippen molar-refractivity contribution < 1.29 is 9.59 Å². The summed E-state index contributed by atoms with van der Waals surface area (Å²) in [5.74, 6) is 3.00. The van der Waals surface area contributed by atoms with E-state index in [4.69, 9.17) is 5.73 Å². The number of hydrogen-bond donors (Lipinski definition) is 2. The Morgan fingerprint density at radius 3 is 2.11 bits per heavy atom. The van der Waals surface area contributed by atoms with E-state index < -0.39 is 11.9 Å². The molecule has 4 aliphatic carbocycles. The van der Waals surface area contributed by atoms with Gasteiger partial charge in [-0.3, -0.25) is 9.59 Å². The normalized spacial score (nSPS) is 48.2. The zero-order chi connectivity index (χ0) is 13.1. The SMILES string of the molecule is NC1C(=O)N=C(C2C3CC4CC(C3)CC2C4)NC1=O. The average molecular weight is 261 g/mol. The van der Waals surface area contributed by atoms with Crippen LogP contribution in [0.25, 0.3) is 0 Å². The van der Waals surface area contributed by atoms with Crippen LogP contribution < -0.4 is 11.1 Å². The van der Waals surface area contributed by atoms with Gasteiger partial charge in [-0.05, 0) is 55.8 Å². The van der Waals surface area contributed by atoms with E-state index in [1.807, 2.05) is 0 Å². The smallest absolute Gasteiger partial charge is 0.273 e. The molecule has 1 heterocycles. The number of hydrogen-bond acceptors (Lipinski definition) is 3. The first-order chi connectivity index (χ1) is 9.11. The molecule has 1 aliphatic heterocycles. The lowest BCUT2D eigenvalue weighted by molar-refractivity contribution is -0.129. The summed E-state index contributed by atoms with van der Waals surface area (Å²) in [6.07, 6.45) is 6.36. The third kappa shape index (κ3) is 1.67. The van der Waals surface area contributed by atoms with E-state index >= 15 is 0 Å². The lowest BCUT2D eigenvalue weighted by atomic mass is 9.51. The third-order valence-electron chi connectivity index (χ3n) is 5.57. The molecule has 1 unspecified atom stereocenters. The molecule has 4 saturated carbocycles. The van der Waals surface area contributed by atoms with Gasteiger partial charge in [0.15, 0.2) is 6.04 Å². The highest BCUT2D eigenvalue weighted by Gasteiger charge is 2.51. The van der Waals surface area contributed by atoms with Gasteiger partial charge in [0.1, 0.15) is 5.84 Å². The van der Waals surface area contributed by atoms with Gasteiger partial charge < -0.3 is 11.1 Å². The van der Waals surface area contributed by atoms with Gasteiger partial charge in [0, 0.05) is 5.92 Å². The number of amidine groups is 1. The molecule has 5 nitrogen and oxygen atoms in total. The number of nitrogens with one attached hydrogen (secondary N) is 1. The van der Waals surface area contributed by atoms with Crippen molar-refractivity contribution in [2.45, 2.75) is 38.1 Å². The lowest BCUT2D eigenvalue weighted by Crippen LogP contribution is -2.58. The number of carbonyl (C=O) groups excluding carboxylic acids is 2. The Balaban J connectivity index is 1.64. The molecule has 0 aromatic carbocycles. The van der Waals surface area contributed by atoms with Crippen LogP contribution >= 0.6 is 0 Å². The number of nitrogens with two attached hydrogens (primary N) is 1. The highest BCUT2D eigenvalue weighted by atomic mass is 16.2. The molecule has 4 bridgehead atoms. The van der Waals surface area contributed by atoms with Gasteiger partial charge >= 0.3 is 0 Å². The minimum absolute atomic E-state index is 0.285. The van der Waals surface area contributed by atoms with Crippen LogP contribution in [-0.4, -0.2) is 23.7 Å². The molecule has 0 aromatic rings. The molecule has 1 atom stereocenters. The standard InChI is InChI=1S/C14H19N3O2/c15-11-13(18)16-12(17-14(11)19)10-8-2-6-1-7(4-8)5-9(10)3-6/h6-11H,1-5,15H2,(H,16,17,18,19). The summed E-state index contributed by atoms with van der Waals surface area (Å²) in [5, 5.41) is 2.79. The van der Waals surface area contributed by atoms with E-state index in [2.05, 4.69) is 10.3 Å². The maximum absolute atomic E-state index is 11.7. The van der Waals surface area contributed by atoms with Crippen LogP contribution in [-0.2, 0) is 9.59 Å². The maximum Gasteiger partial charge on any atom is 0.273 e. The van der Waals surface area contributed by atoms with Crippen molar-refractivity contribution >= 4 is 17.6 Å². The first kappa shape index (κ1) is 11.6. The van der Waals surface area contributed by atoms with Crippen molar-refractivity contribution in [3.05, 3.63) is 0 Å². The number of aliphatic imine (C=N–C) groups is 1. The predicted octanol–water partition coefficient (Wildman–Crippen LogP) is 0.441. The lowest BCUT2D eigenvalue weighted by Gasteiger charge is -2.54. The van der Waals surface area contributed by atoms with Gasteiger partial charge in [0.25, 0.3) is 11.8 Å². The summed E-state index contributed by atoms with van der Waals surface area (Å²) >= 11 is 0. The molecule has 2 amide bonds. The minimum atomic E-state index is -1.11. The Labute approximate surface area is 112 Å². The van der Waals surface area contributed by atoms with Crippen molar-refractivity contribution in [2.75, 3.05) is 0 Å². The second-order valence-electron chi connectivity index (χ2n) is 6.76. The number of rotatable bonds is 1. The highest BCUT2D eigenvalue weighted by Crippen LogP contribution is 2.56. The number of nitrogens with zero attached hydrogens (tertiary/aromatic N) is 1. The molecule has 0 spiro atoms. The first-order valence-electron chi connectivity index (χ1n) is 7.30. The third-order valence-corrected chi connectivity index (χ3v) is 5.57. The Kier molecular flexibility index (Phi) is 2.37. The molecular weight excluding hydrogens is 242 g/mol. The molecule has 0 aromatic heterocycles. The van der Waals surface area contributed by atoms with Gasteiger partial charge in [-0.1, -0.05) is 0 Å². The fourth-order valence-electron chi connectivity index (χ4n) is 5.06. The van der Waals surface area contributed by atoms with E-state index in [-0.39, 0.29) is 11.8 Å². The Morgan fingerprint density at radius 1 is 1.00 bits per heavy atom. The van der Waals surface area contributed by atoms with Crippen LogP contribution in [0.15, 0.2) is 4.99 Å². The fourth-order valence-corrected chi connectivity index (χ4v) is 5.06. The molecule has 102 valence electrons. The van der Waals surface area contributed by atoms with E-state index in [1.54, 1.807) is 0 Å². The first-order valence-corrected chi connectivity index (χ1v) is 7.30. The predicted molar refractivity (Wildman–Crippen MR) is 69.1 cm³/mol. The fraction of sp³-hybridized carbons (Fsp3) is 0.786. The molecule has 3 N–H and O–H groups in total. The Morgan fingerprint density at radius 2 is 1.58 bits per heavy atom. The monoisotopic (exact) mass is 261 g/mol. The summed E-state index contributed by atoms with van der Waals surface area (Å²) in [5.41, 5.74) is 5.49. The molecule has 4 fully saturated rings. The zero-order valence-electron chi connectivity index (χ0n) is 10.8. The van der Waals surface area contributed by atoms with Crippen LogP contribution in [0.3, 0.4) is 0 Å². The van der Waals surface area contributed by atoms with Gasteiger partial charge in [0.2, 0.25) is 0 Å². The van der Waals surface area contributed by atoms with Gasteiger partial charge in [-0.25, -0.2) is 0 Å². The topological polar surface area (TPSA) is 84.6 Å². The second-order valence-corrected chi connectivity index (χ2v) is 6.76. The van der Waals surface area contributed by atoms with E-state index in [1.165, 1.54) is 32.1 Å². The van der Waals surface area contributed by atoms with Crippen molar-refractivity contribution in [2.24, 2.45) is 40.3 Å². The molecule has 5 heteroatoms.